The predicted octanol–water partition coefficient (Wildman–Crippen LogP) is 3.12. The highest BCUT2D eigenvalue weighted by Gasteiger charge is 2.11. The van der Waals surface area contributed by atoms with Gasteiger partial charge in [-0.3, -0.25) is 4.79 Å². The first-order chi connectivity index (χ1) is 12.5. The monoisotopic (exact) mass is 376 g/mol. The summed E-state index contributed by atoms with van der Waals surface area (Å²) in [6.45, 7) is 5.15. The number of hydrogen-bond acceptors (Lipinski definition) is 4. The Balaban J connectivity index is 1.84. The zero-order valence-electron chi connectivity index (χ0n) is 15.1. The maximum Gasteiger partial charge on any atom is 0.253 e. The number of carbonyl (C=O) groups is 1. The molecule has 2 aromatic carbocycles. The Morgan fingerprint density at radius 2 is 1.96 bits per heavy atom. The maximum absolute atomic E-state index is 12.4. The Morgan fingerprint density at radius 1 is 1.19 bits per heavy atom. The molecule has 5 nitrogen and oxygen atoms in total. The number of ether oxygens (including phenoxy) is 1. The van der Waals surface area contributed by atoms with Crippen LogP contribution in [0.3, 0.4) is 0 Å². The fraction of sp³-hybridized carbons (Fsp3) is 0.350. The number of carbonyl (C=O) groups excluding carboxylic acids is 1. The van der Waals surface area contributed by atoms with Gasteiger partial charge < -0.3 is 20.5 Å². The van der Waals surface area contributed by atoms with Gasteiger partial charge in [-0.05, 0) is 49.2 Å². The molecule has 0 spiro atoms. The molecule has 1 atom stereocenters. The summed E-state index contributed by atoms with van der Waals surface area (Å²) in [7, 11) is 0. The van der Waals surface area contributed by atoms with E-state index in [1.165, 1.54) is 11.1 Å². The van der Waals surface area contributed by atoms with E-state index in [2.05, 4.69) is 17.6 Å². The standard InChI is InChI=1S/C20H25ClN2O3/c1-14-7-8-17(11-15(14)2)26-10-9-22-20(25)18-5-3-4-6-19(18)23-13-16(24)12-21/h3-8,11,16,23-24H,9-10,12-13H2,1-2H3,(H,22,25). The number of aryl methyl sites for hydroxylation is 2. The minimum absolute atomic E-state index is 0.136. The van der Waals surface area contributed by atoms with Crippen molar-refractivity contribution in [1.82, 2.24) is 5.32 Å². The number of nitrogens with one attached hydrogen (secondary N) is 2. The Kier molecular flexibility index (Phi) is 7.75. The van der Waals surface area contributed by atoms with Crippen molar-refractivity contribution in [1.29, 1.82) is 0 Å². The second-order valence-corrected chi connectivity index (χ2v) is 6.39. The summed E-state index contributed by atoms with van der Waals surface area (Å²) >= 11 is 5.59. The number of rotatable bonds is 9. The van der Waals surface area contributed by atoms with Crippen LogP contribution in [0.15, 0.2) is 42.5 Å². The third-order valence-electron chi connectivity index (χ3n) is 4.01. The number of anilines is 1. The third-order valence-corrected chi connectivity index (χ3v) is 4.37. The van der Waals surface area contributed by atoms with Crippen LogP contribution in [0.4, 0.5) is 5.69 Å². The van der Waals surface area contributed by atoms with Crippen LogP contribution in [0.2, 0.25) is 0 Å². The molecule has 0 saturated carbocycles. The number of benzene rings is 2. The van der Waals surface area contributed by atoms with Crippen LogP contribution in [0.25, 0.3) is 0 Å². The lowest BCUT2D eigenvalue weighted by Gasteiger charge is -2.14. The van der Waals surface area contributed by atoms with Crippen molar-refractivity contribution >= 4 is 23.2 Å². The van der Waals surface area contributed by atoms with Gasteiger partial charge in [0, 0.05) is 12.2 Å². The molecule has 0 aliphatic carbocycles. The summed E-state index contributed by atoms with van der Waals surface area (Å²) in [5.74, 6) is 0.730. The first kappa shape index (κ1) is 20.1. The van der Waals surface area contributed by atoms with Gasteiger partial charge in [-0.1, -0.05) is 18.2 Å². The highest BCUT2D eigenvalue weighted by atomic mass is 35.5. The molecule has 2 rings (SSSR count). The molecule has 0 fully saturated rings. The second-order valence-electron chi connectivity index (χ2n) is 6.09. The normalized spacial score (nSPS) is 11.7. The summed E-state index contributed by atoms with van der Waals surface area (Å²) in [4.78, 5) is 12.4. The van der Waals surface area contributed by atoms with Crippen LogP contribution in [-0.2, 0) is 0 Å². The summed E-state index contributed by atoms with van der Waals surface area (Å²) in [5.41, 5.74) is 3.56. The third kappa shape index (κ3) is 5.93. The van der Waals surface area contributed by atoms with E-state index in [0.29, 0.717) is 24.4 Å². The van der Waals surface area contributed by atoms with Gasteiger partial charge in [-0.25, -0.2) is 0 Å². The quantitative estimate of drug-likeness (QED) is 0.464. The number of para-hydroxylation sites is 1. The van der Waals surface area contributed by atoms with E-state index in [4.69, 9.17) is 16.3 Å². The molecule has 1 unspecified atom stereocenters. The van der Waals surface area contributed by atoms with E-state index in [1.807, 2.05) is 31.2 Å². The molecular weight excluding hydrogens is 352 g/mol. The molecule has 0 bridgehead atoms. The predicted molar refractivity (Wildman–Crippen MR) is 105 cm³/mol. The van der Waals surface area contributed by atoms with Gasteiger partial charge in [-0.2, -0.15) is 0 Å². The van der Waals surface area contributed by atoms with E-state index >= 15 is 0 Å². The number of aliphatic hydroxyl groups is 1. The molecule has 0 heterocycles. The molecule has 3 N–H and O–H groups in total. The van der Waals surface area contributed by atoms with E-state index < -0.39 is 6.10 Å². The number of amides is 1. The Labute approximate surface area is 159 Å². The Bertz CT molecular complexity index is 737. The molecule has 26 heavy (non-hydrogen) atoms. The lowest BCUT2D eigenvalue weighted by atomic mass is 10.1. The number of aliphatic hydroxyl groups excluding tert-OH is 1. The van der Waals surface area contributed by atoms with Gasteiger partial charge >= 0.3 is 0 Å². The van der Waals surface area contributed by atoms with Crippen LogP contribution >= 0.6 is 11.6 Å². The van der Waals surface area contributed by atoms with Gasteiger partial charge in [0.05, 0.1) is 24.1 Å². The fourth-order valence-corrected chi connectivity index (χ4v) is 2.46. The molecule has 0 saturated heterocycles. The van der Waals surface area contributed by atoms with Crippen molar-refractivity contribution in [2.45, 2.75) is 20.0 Å². The molecule has 0 aromatic heterocycles. The van der Waals surface area contributed by atoms with Crippen molar-refractivity contribution < 1.29 is 14.6 Å². The number of hydrogen-bond donors (Lipinski definition) is 3. The van der Waals surface area contributed by atoms with E-state index in [1.54, 1.807) is 18.2 Å². The first-order valence-electron chi connectivity index (χ1n) is 8.56. The van der Waals surface area contributed by atoms with Crippen molar-refractivity contribution in [2.24, 2.45) is 0 Å². The SMILES string of the molecule is Cc1ccc(OCCNC(=O)c2ccccc2NCC(O)CCl)cc1C. The summed E-state index contributed by atoms with van der Waals surface area (Å²) in [5, 5.41) is 15.4. The maximum atomic E-state index is 12.4. The number of halogens is 1. The lowest BCUT2D eigenvalue weighted by molar-refractivity contribution is 0.0947. The average Bonchev–Trinajstić information content (AvgIpc) is 2.66. The van der Waals surface area contributed by atoms with Crippen LogP contribution < -0.4 is 15.4 Å². The van der Waals surface area contributed by atoms with E-state index in [9.17, 15) is 9.90 Å². The molecule has 0 radical (unpaired) electrons. The van der Waals surface area contributed by atoms with Crippen molar-refractivity contribution in [3.63, 3.8) is 0 Å². The van der Waals surface area contributed by atoms with Crippen molar-refractivity contribution in [3.05, 3.63) is 59.2 Å². The average molecular weight is 377 g/mol. The van der Waals surface area contributed by atoms with Gasteiger partial charge in [0.1, 0.15) is 12.4 Å². The Morgan fingerprint density at radius 3 is 2.69 bits per heavy atom. The van der Waals surface area contributed by atoms with Gasteiger partial charge in [0.2, 0.25) is 0 Å². The van der Waals surface area contributed by atoms with Gasteiger partial charge in [0.15, 0.2) is 0 Å². The van der Waals surface area contributed by atoms with Crippen molar-refractivity contribution in [3.8, 4) is 5.75 Å². The van der Waals surface area contributed by atoms with Crippen LogP contribution in [0, 0.1) is 13.8 Å². The summed E-state index contributed by atoms with van der Waals surface area (Å²) in [6, 6.07) is 13.1. The lowest BCUT2D eigenvalue weighted by Crippen LogP contribution is -2.29. The summed E-state index contributed by atoms with van der Waals surface area (Å²) in [6.07, 6.45) is -0.667. The largest absolute Gasteiger partial charge is 0.492 e. The fourth-order valence-electron chi connectivity index (χ4n) is 2.35. The highest BCUT2D eigenvalue weighted by molar-refractivity contribution is 6.18. The topological polar surface area (TPSA) is 70.6 Å². The minimum Gasteiger partial charge on any atom is -0.492 e. The molecule has 0 aliphatic heterocycles. The zero-order valence-corrected chi connectivity index (χ0v) is 15.8. The molecule has 0 aliphatic rings. The minimum atomic E-state index is -0.667. The molecule has 1 amide bonds. The number of alkyl halides is 1. The van der Waals surface area contributed by atoms with Crippen LogP contribution in [-0.4, -0.2) is 42.7 Å². The summed E-state index contributed by atoms with van der Waals surface area (Å²) < 4.78 is 5.67. The van der Waals surface area contributed by atoms with Crippen molar-refractivity contribution in [2.75, 3.05) is 30.9 Å². The molecule has 140 valence electrons. The molecule has 6 heteroatoms. The van der Waals surface area contributed by atoms with Crippen LogP contribution in [0.5, 0.6) is 5.75 Å². The molecule has 2 aromatic rings. The van der Waals surface area contributed by atoms with Crippen LogP contribution in [0.1, 0.15) is 21.5 Å². The van der Waals surface area contributed by atoms with E-state index in [0.717, 1.165) is 5.75 Å². The highest BCUT2D eigenvalue weighted by Crippen LogP contribution is 2.17. The molecular formula is C20H25ClN2O3. The second kappa shape index (κ2) is 10.0. The van der Waals surface area contributed by atoms with Gasteiger partial charge in [0.25, 0.3) is 5.91 Å². The Hall–Kier alpha value is -2.24. The first-order valence-corrected chi connectivity index (χ1v) is 9.10. The smallest absolute Gasteiger partial charge is 0.253 e. The zero-order chi connectivity index (χ0) is 18.9. The van der Waals surface area contributed by atoms with E-state index in [-0.39, 0.29) is 18.3 Å². The van der Waals surface area contributed by atoms with Gasteiger partial charge in [-0.15, -0.1) is 11.6 Å².